The van der Waals surface area contributed by atoms with E-state index in [2.05, 4.69) is 15.6 Å². The predicted molar refractivity (Wildman–Crippen MR) is 92.2 cm³/mol. The lowest BCUT2D eigenvalue weighted by Crippen LogP contribution is -2.12. The zero-order valence-electron chi connectivity index (χ0n) is 13.0. The van der Waals surface area contributed by atoms with Crippen LogP contribution in [0.4, 0.5) is 17.2 Å². The lowest BCUT2D eigenvalue weighted by molar-refractivity contribution is -0.111. The maximum atomic E-state index is 12.1. The minimum atomic E-state index is -0.184. The summed E-state index contributed by atoms with van der Waals surface area (Å²) >= 11 is 0. The molecule has 0 aliphatic carbocycles. The van der Waals surface area contributed by atoms with Gasteiger partial charge in [-0.05, 0) is 30.3 Å². The second kappa shape index (κ2) is 7.26. The van der Waals surface area contributed by atoms with Crippen LogP contribution in [0.3, 0.4) is 0 Å². The number of carbonyl (C=O) groups is 1. The Kier molecular flexibility index (Phi) is 5.14. The number of hydrogen-bond donors (Lipinski definition) is 2. The molecule has 0 aliphatic rings. The van der Waals surface area contributed by atoms with E-state index in [1.807, 2.05) is 62.4 Å². The van der Waals surface area contributed by atoms with E-state index in [4.69, 9.17) is 0 Å². The van der Waals surface area contributed by atoms with Gasteiger partial charge in [0.2, 0.25) is 5.91 Å². The second-order valence-corrected chi connectivity index (χ2v) is 4.93. The van der Waals surface area contributed by atoms with Crippen LogP contribution < -0.4 is 15.5 Å². The molecule has 1 aromatic carbocycles. The number of carbonyl (C=O) groups excluding carboxylic acids is 1. The molecule has 5 heteroatoms. The van der Waals surface area contributed by atoms with Crippen molar-refractivity contribution in [3.8, 4) is 0 Å². The van der Waals surface area contributed by atoms with Gasteiger partial charge in [-0.25, -0.2) is 4.98 Å². The molecule has 0 saturated carbocycles. The van der Waals surface area contributed by atoms with Gasteiger partial charge >= 0.3 is 0 Å². The van der Waals surface area contributed by atoms with Crippen molar-refractivity contribution in [2.45, 2.75) is 0 Å². The molecular formula is C17H20N4O. The van der Waals surface area contributed by atoms with Gasteiger partial charge in [0.1, 0.15) is 5.82 Å². The van der Waals surface area contributed by atoms with Crippen molar-refractivity contribution < 1.29 is 4.79 Å². The Morgan fingerprint density at radius 2 is 1.86 bits per heavy atom. The Morgan fingerprint density at radius 1 is 1.14 bits per heavy atom. The van der Waals surface area contributed by atoms with Crippen LogP contribution in [0.15, 0.2) is 48.7 Å². The first-order chi connectivity index (χ1) is 10.6. The Labute approximate surface area is 130 Å². The smallest absolute Gasteiger partial charge is 0.248 e. The molecule has 0 atom stereocenters. The van der Waals surface area contributed by atoms with E-state index in [0.29, 0.717) is 0 Å². The fraction of sp³-hybridized carbons (Fsp3) is 0.176. The predicted octanol–water partition coefficient (Wildman–Crippen LogP) is 2.84. The number of nitrogens with one attached hydrogen (secondary N) is 2. The molecule has 0 saturated heterocycles. The normalized spacial score (nSPS) is 10.5. The maximum absolute atomic E-state index is 12.1. The van der Waals surface area contributed by atoms with Crippen molar-refractivity contribution in [2.24, 2.45) is 0 Å². The molecular weight excluding hydrogens is 276 g/mol. The summed E-state index contributed by atoms with van der Waals surface area (Å²) in [4.78, 5) is 18.3. The standard InChI is InChI=1S/C17H20N4O/c1-18-14-8-4-5-9-15(14)20-16(22)11-10-13-7-6-12-19-17(13)21(2)3/h4-12,18H,1-3H3,(H,20,22)/b11-10+. The lowest BCUT2D eigenvalue weighted by atomic mass is 10.2. The zero-order valence-corrected chi connectivity index (χ0v) is 13.0. The highest BCUT2D eigenvalue weighted by Crippen LogP contribution is 2.20. The van der Waals surface area contributed by atoms with Crippen LogP contribution in [0.5, 0.6) is 0 Å². The SMILES string of the molecule is CNc1ccccc1NC(=O)/C=C/c1cccnc1N(C)C. The van der Waals surface area contributed by atoms with Crippen LogP contribution in [-0.2, 0) is 4.79 Å². The van der Waals surface area contributed by atoms with Crippen LogP contribution in [0.1, 0.15) is 5.56 Å². The number of anilines is 3. The summed E-state index contributed by atoms with van der Waals surface area (Å²) in [5.41, 5.74) is 2.52. The number of benzene rings is 1. The van der Waals surface area contributed by atoms with E-state index in [1.165, 1.54) is 6.08 Å². The van der Waals surface area contributed by atoms with Crippen molar-refractivity contribution >= 4 is 29.2 Å². The highest BCUT2D eigenvalue weighted by Gasteiger charge is 2.05. The van der Waals surface area contributed by atoms with Crippen LogP contribution in [0.2, 0.25) is 0 Å². The third-order valence-corrected chi connectivity index (χ3v) is 3.11. The van der Waals surface area contributed by atoms with E-state index in [9.17, 15) is 4.79 Å². The summed E-state index contributed by atoms with van der Waals surface area (Å²) in [5, 5.41) is 5.90. The Hall–Kier alpha value is -2.82. The first kappa shape index (κ1) is 15.6. The molecule has 1 amide bonds. The molecule has 0 spiro atoms. The molecule has 2 rings (SSSR count). The van der Waals surface area contributed by atoms with Gasteiger partial charge in [0.05, 0.1) is 11.4 Å². The van der Waals surface area contributed by atoms with Gasteiger partial charge in [-0.1, -0.05) is 12.1 Å². The van der Waals surface area contributed by atoms with Gasteiger partial charge in [0, 0.05) is 39.0 Å². The molecule has 1 aromatic heterocycles. The summed E-state index contributed by atoms with van der Waals surface area (Å²) in [5.74, 6) is 0.637. The van der Waals surface area contributed by atoms with Gasteiger partial charge in [-0.15, -0.1) is 0 Å². The molecule has 0 radical (unpaired) electrons. The van der Waals surface area contributed by atoms with Crippen LogP contribution in [0.25, 0.3) is 6.08 Å². The average Bonchev–Trinajstić information content (AvgIpc) is 2.53. The highest BCUT2D eigenvalue weighted by atomic mass is 16.1. The van der Waals surface area contributed by atoms with Gasteiger partial charge in [0.15, 0.2) is 0 Å². The fourth-order valence-corrected chi connectivity index (χ4v) is 2.06. The van der Waals surface area contributed by atoms with E-state index in [-0.39, 0.29) is 5.91 Å². The van der Waals surface area contributed by atoms with E-state index in [1.54, 1.807) is 12.3 Å². The molecule has 0 unspecified atom stereocenters. The summed E-state index contributed by atoms with van der Waals surface area (Å²) < 4.78 is 0. The van der Waals surface area contributed by atoms with Gasteiger partial charge in [-0.3, -0.25) is 4.79 Å². The molecule has 1 heterocycles. The van der Waals surface area contributed by atoms with Crippen molar-refractivity contribution in [3.63, 3.8) is 0 Å². The van der Waals surface area contributed by atoms with Crippen LogP contribution in [0, 0.1) is 0 Å². The van der Waals surface area contributed by atoms with Crippen molar-refractivity contribution in [2.75, 3.05) is 36.7 Å². The minimum absolute atomic E-state index is 0.184. The van der Waals surface area contributed by atoms with E-state index >= 15 is 0 Å². The number of pyridine rings is 1. The largest absolute Gasteiger partial charge is 0.386 e. The van der Waals surface area contributed by atoms with Crippen molar-refractivity contribution in [3.05, 3.63) is 54.2 Å². The quantitative estimate of drug-likeness (QED) is 0.833. The van der Waals surface area contributed by atoms with Gasteiger partial charge < -0.3 is 15.5 Å². The molecule has 2 aromatic rings. The topological polar surface area (TPSA) is 57.3 Å². The minimum Gasteiger partial charge on any atom is -0.386 e. The fourth-order valence-electron chi connectivity index (χ4n) is 2.06. The number of rotatable bonds is 5. The molecule has 0 fully saturated rings. The second-order valence-electron chi connectivity index (χ2n) is 4.93. The first-order valence-corrected chi connectivity index (χ1v) is 7.00. The third-order valence-electron chi connectivity index (χ3n) is 3.11. The molecule has 5 nitrogen and oxygen atoms in total. The summed E-state index contributed by atoms with van der Waals surface area (Å²) in [6.07, 6.45) is 5.01. The molecule has 22 heavy (non-hydrogen) atoms. The van der Waals surface area contributed by atoms with Crippen LogP contribution in [-0.4, -0.2) is 32.0 Å². The first-order valence-electron chi connectivity index (χ1n) is 7.00. The Bertz CT molecular complexity index is 680. The molecule has 114 valence electrons. The Balaban J connectivity index is 2.12. The van der Waals surface area contributed by atoms with E-state index in [0.717, 1.165) is 22.8 Å². The monoisotopic (exact) mass is 296 g/mol. The summed E-state index contributed by atoms with van der Waals surface area (Å²) in [7, 11) is 5.66. The summed E-state index contributed by atoms with van der Waals surface area (Å²) in [6.45, 7) is 0. The third kappa shape index (κ3) is 3.85. The molecule has 2 N–H and O–H groups in total. The van der Waals surface area contributed by atoms with Crippen molar-refractivity contribution in [1.29, 1.82) is 0 Å². The Morgan fingerprint density at radius 3 is 2.55 bits per heavy atom. The van der Waals surface area contributed by atoms with E-state index < -0.39 is 0 Å². The average molecular weight is 296 g/mol. The zero-order chi connectivity index (χ0) is 15.9. The van der Waals surface area contributed by atoms with Crippen LogP contribution >= 0.6 is 0 Å². The number of para-hydroxylation sites is 2. The number of amides is 1. The lowest BCUT2D eigenvalue weighted by Gasteiger charge is -2.13. The van der Waals surface area contributed by atoms with Gasteiger partial charge in [0.25, 0.3) is 0 Å². The number of aromatic nitrogens is 1. The number of nitrogens with zero attached hydrogens (tertiary/aromatic N) is 2. The summed E-state index contributed by atoms with van der Waals surface area (Å²) in [6, 6.07) is 11.3. The van der Waals surface area contributed by atoms with Crippen molar-refractivity contribution in [1.82, 2.24) is 4.98 Å². The van der Waals surface area contributed by atoms with Gasteiger partial charge in [-0.2, -0.15) is 0 Å². The maximum Gasteiger partial charge on any atom is 0.248 e. The molecule has 0 bridgehead atoms. The number of hydrogen-bond acceptors (Lipinski definition) is 4. The highest BCUT2D eigenvalue weighted by molar-refractivity contribution is 6.04. The molecule has 0 aliphatic heterocycles.